The number of nitrogens with one attached hydrogen (secondary N) is 2. The molecule has 2 N–H and O–H groups in total. The summed E-state index contributed by atoms with van der Waals surface area (Å²) in [4.78, 5) is 16.0. The van der Waals surface area contributed by atoms with Crippen LogP contribution in [0.25, 0.3) is 10.9 Å². The Kier molecular flexibility index (Phi) is 2.89. The van der Waals surface area contributed by atoms with Gasteiger partial charge in [0.25, 0.3) is 5.91 Å². The number of carbonyl (C=O) groups is 1. The van der Waals surface area contributed by atoms with E-state index < -0.39 is 0 Å². The molecule has 0 aliphatic rings. The number of nitrogens with zero attached hydrogens (tertiary/aromatic N) is 2. The number of hydrogen-bond donors (Lipinski definition) is 2. The molecular formula is C13H9ClN4O. The third kappa shape index (κ3) is 2.41. The maximum absolute atomic E-state index is 12.0. The number of carbonyl (C=O) groups excluding carboxylic acids is 1. The minimum Gasteiger partial charge on any atom is -0.321 e. The molecule has 0 fully saturated rings. The van der Waals surface area contributed by atoms with Crippen LogP contribution in [-0.4, -0.2) is 21.1 Å². The number of H-pyrrole nitrogens is 1. The first-order chi connectivity index (χ1) is 9.22. The number of rotatable bonds is 2. The molecule has 0 saturated carbocycles. The molecule has 0 unspecified atom stereocenters. The van der Waals surface area contributed by atoms with Gasteiger partial charge in [-0.25, -0.2) is 0 Å². The Balaban J connectivity index is 1.86. The Morgan fingerprint density at radius 3 is 3.00 bits per heavy atom. The lowest BCUT2D eigenvalue weighted by atomic mass is 10.2. The van der Waals surface area contributed by atoms with E-state index in [2.05, 4.69) is 20.5 Å². The van der Waals surface area contributed by atoms with Crippen LogP contribution in [0.4, 0.5) is 5.69 Å². The summed E-state index contributed by atoms with van der Waals surface area (Å²) in [6.45, 7) is 0. The van der Waals surface area contributed by atoms with Crippen LogP contribution in [0.5, 0.6) is 0 Å². The maximum Gasteiger partial charge on any atom is 0.274 e. The van der Waals surface area contributed by atoms with E-state index in [1.807, 2.05) is 12.1 Å². The highest BCUT2D eigenvalue weighted by atomic mass is 35.5. The van der Waals surface area contributed by atoms with Crippen LogP contribution in [0.1, 0.15) is 10.5 Å². The Morgan fingerprint density at radius 1 is 1.26 bits per heavy atom. The summed E-state index contributed by atoms with van der Waals surface area (Å²) in [7, 11) is 0. The molecule has 3 aromatic rings. The van der Waals surface area contributed by atoms with Crippen molar-refractivity contribution in [1.29, 1.82) is 0 Å². The van der Waals surface area contributed by atoms with Gasteiger partial charge in [-0.15, -0.1) is 0 Å². The number of anilines is 1. The number of pyridine rings is 1. The van der Waals surface area contributed by atoms with Crippen LogP contribution >= 0.6 is 11.6 Å². The van der Waals surface area contributed by atoms with Gasteiger partial charge in [0.1, 0.15) is 5.69 Å². The van der Waals surface area contributed by atoms with E-state index in [4.69, 9.17) is 11.6 Å². The van der Waals surface area contributed by atoms with E-state index >= 15 is 0 Å². The average Bonchev–Trinajstić information content (AvgIpc) is 2.86. The van der Waals surface area contributed by atoms with E-state index in [9.17, 15) is 4.79 Å². The van der Waals surface area contributed by atoms with Crippen molar-refractivity contribution >= 4 is 34.1 Å². The lowest BCUT2D eigenvalue weighted by Gasteiger charge is -2.04. The summed E-state index contributed by atoms with van der Waals surface area (Å²) in [6.07, 6.45) is 3.22. The molecule has 1 amide bonds. The van der Waals surface area contributed by atoms with Crippen LogP contribution in [0, 0.1) is 0 Å². The fourth-order valence-electron chi connectivity index (χ4n) is 1.74. The molecule has 19 heavy (non-hydrogen) atoms. The Bertz CT molecular complexity index is 753. The smallest absolute Gasteiger partial charge is 0.274 e. The summed E-state index contributed by atoms with van der Waals surface area (Å²) >= 11 is 5.82. The van der Waals surface area contributed by atoms with Gasteiger partial charge in [-0.05, 0) is 30.3 Å². The van der Waals surface area contributed by atoms with E-state index in [0.29, 0.717) is 10.7 Å². The summed E-state index contributed by atoms with van der Waals surface area (Å²) in [5, 5.41) is 11.0. The monoisotopic (exact) mass is 272 g/mol. The summed E-state index contributed by atoms with van der Waals surface area (Å²) in [5.74, 6) is -0.304. The van der Waals surface area contributed by atoms with E-state index in [1.165, 1.54) is 12.3 Å². The van der Waals surface area contributed by atoms with Crippen LogP contribution in [0.15, 0.2) is 42.7 Å². The van der Waals surface area contributed by atoms with E-state index in [-0.39, 0.29) is 11.6 Å². The molecule has 0 saturated heterocycles. The van der Waals surface area contributed by atoms with Crippen molar-refractivity contribution in [3.8, 4) is 0 Å². The first-order valence-electron chi connectivity index (χ1n) is 5.58. The molecule has 0 atom stereocenters. The fourth-order valence-corrected chi connectivity index (χ4v) is 1.90. The third-order valence-corrected chi connectivity index (χ3v) is 2.89. The zero-order valence-corrected chi connectivity index (χ0v) is 10.5. The lowest BCUT2D eigenvalue weighted by Crippen LogP contribution is -2.13. The van der Waals surface area contributed by atoms with Gasteiger partial charge in [0.05, 0.1) is 11.7 Å². The minimum atomic E-state index is -0.304. The number of benzene rings is 1. The van der Waals surface area contributed by atoms with Crippen LogP contribution < -0.4 is 5.32 Å². The Morgan fingerprint density at radius 2 is 2.16 bits per heavy atom. The molecule has 0 spiro atoms. The second-order valence-corrected chi connectivity index (χ2v) is 4.42. The van der Waals surface area contributed by atoms with Crippen molar-refractivity contribution in [2.45, 2.75) is 0 Å². The normalized spacial score (nSPS) is 10.6. The molecular weight excluding hydrogens is 264 g/mol. The molecule has 0 aliphatic heterocycles. The molecule has 0 aliphatic carbocycles. The second kappa shape index (κ2) is 4.70. The molecule has 0 radical (unpaired) electrons. The standard InChI is InChI=1S/C13H9ClN4O/c14-9-3-4-15-12(5-9)13(19)17-10-2-1-8-7-16-18-11(8)6-10/h1-7H,(H,16,18)(H,17,19). The van der Waals surface area contributed by atoms with Crippen LogP contribution in [0.2, 0.25) is 5.02 Å². The van der Waals surface area contributed by atoms with Gasteiger partial charge in [0.15, 0.2) is 0 Å². The van der Waals surface area contributed by atoms with Crippen molar-refractivity contribution < 1.29 is 4.79 Å². The van der Waals surface area contributed by atoms with E-state index in [1.54, 1.807) is 18.3 Å². The highest BCUT2D eigenvalue weighted by Gasteiger charge is 2.08. The predicted molar refractivity (Wildman–Crippen MR) is 73.3 cm³/mol. The van der Waals surface area contributed by atoms with Crippen LogP contribution in [0.3, 0.4) is 0 Å². The van der Waals surface area contributed by atoms with Crippen molar-refractivity contribution in [3.63, 3.8) is 0 Å². The maximum atomic E-state index is 12.0. The molecule has 2 aromatic heterocycles. The molecule has 94 valence electrons. The molecule has 3 rings (SSSR count). The van der Waals surface area contributed by atoms with Gasteiger partial charge in [-0.3, -0.25) is 14.9 Å². The fraction of sp³-hybridized carbons (Fsp3) is 0. The largest absolute Gasteiger partial charge is 0.321 e. The van der Waals surface area contributed by atoms with Gasteiger partial charge in [-0.1, -0.05) is 11.6 Å². The second-order valence-electron chi connectivity index (χ2n) is 3.99. The minimum absolute atomic E-state index is 0.275. The lowest BCUT2D eigenvalue weighted by molar-refractivity contribution is 0.102. The average molecular weight is 273 g/mol. The highest BCUT2D eigenvalue weighted by Crippen LogP contribution is 2.17. The first kappa shape index (κ1) is 11.7. The predicted octanol–water partition coefficient (Wildman–Crippen LogP) is 2.86. The number of aromatic amines is 1. The summed E-state index contributed by atoms with van der Waals surface area (Å²) < 4.78 is 0. The molecule has 5 nitrogen and oxygen atoms in total. The topological polar surface area (TPSA) is 70.7 Å². The molecule has 1 aromatic carbocycles. The summed E-state index contributed by atoms with van der Waals surface area (Å²) in [6, 6.07) is 8.63. The number of aromatic nitrogens is 3. The SMILES string of the molecule is O=C(Nc1ccc2cn[nH]c2c1)c1cc(Cl)ccn1. The van der Waals surface area contributed by atoms with E-state index in [0.717, 1.165) is 10.9 Å². The van der Waals surface area contributed by atoms with Gasteiger partial charge in [0.2, 0.25) is 0 Å². The highest BCUT2D eigenvalue weighted by molar-refractivity contribution is 6.30. The Labute approximate surface area is 113 Å². The van der Waals surface area contributed by atoms with Crippen molar-refractivity contribution in [2.24, 2.45) is 0 Å². The molecule has 2 heterocycles. The van der Waals surface area contributed by atoms with Crippen molar-refractivity contribution in [2.75, 3.05) is 5.32 Å². The zero-order valence-electron chi connectivity index (χ0n) is 9.72. The molecule has 0 bridgehead atoms. The third-order valence-electron chi connectivity index (χ3n) is 2.65. The zero-order chi connectivity index (χ0) is 13.2. The number of hydrogen-bond acceptors (Lipinski definition) is 3. The quantitative estimate of drug-likeness (QED) is 0.753. The van der Waals surface area contributed by atoms with Gasteiger partial charge in [0, 0.05) is 22.3 Å². The number of amides is 1. The number of halogens is 1. The van der Waals surface area contributed by atoms with Crippen molar-refractivity contribution in [3.05, 3.63) is 53.4 Å². The number of fused-ring (bicyclic) bond motifs is 1. The van der Waals surface area contributed by atoms with Crippen molar-refractivity contribution in [1.82, 2.24) is 15.2 Å². The van der Waals surface area contributed by atoms with Gasteiger partial charge < -0.3 is 5.32 Å². The first-order valence-corrected chi connectivity index (χ1v) is 5.96. The Hall–Kier alpha value is -2.40. The van der Waals surface area contributed by atoms with Crippen LogP contribution in [-0.2, 0) is 0 Å². The van der Waals surface area contributed by atoms with Gasteiger partial charge >= 0.3 is 0 Å². The molecule has 6 heteroatoms. The van der Waals surface area contributed by atoms with Gasteiger partial charge in [-0.2, -0.15) is 5.10 Å². The summed E-state index contributed by atoms with van der Waals surface area (Å²) in [5.41, 5.74) is 1.80.